The van der Waals surface area contributed by atoms with Crippen LogP contribution in [0.2, 0.25) is 0 Å². The molecule has 24 heavy (non-hydrogen) atoms. The fourth-order valence-corrected chi connectivity index (χ4v) is 3.10. The molecule has 0 amide bonds. The van der Waals surface area contributed by atoms with Crippen LogP contribution in [0.25, 0.3) is 0 Å². The summed E-state index contributed by atoms with van der Waals surface area (Å²) in [7, 11) is 1.70. The molecule has 1 saturated heterocycles. The Morgan fingerprint density at radius 3 is 2.88 bits per heavy atom. The fourth-order valence-electron chi connectivity index (χ4n) is 3.10. The molecule has 2 heterocycles. The Morgan fingerprint density at radius 1 is 1.29 bits per heavy atom. The van der Waals surface area contributed by atoms with E-state index < -0.39 is 0 Å². The van der Waals surface area contributed by atoms with Gasteiger partial charge in [0.05, 0.1) is 18.8 Å². The zero-order valence-electron chi connectivity index (χ0n) is 14.0. The Labute approximate surface area is 149 Å². The topological polar surface area (TPSA) is 57.6 Å². The second kappa shape index (κ2) is 8.33. The zero-order valence-corrected chi connectivity index (χ0v) is 14.8. The largest absolute Gasteiger partial charge is 0.506 e. The lowest BCUT2D eigenvalue weighted by Crippen LogP contribution is -2.45. The number of aromatic nitrogens is 1. The van der Waals surface area contributed by atoms with E-state index in [-0.39, 0.29) is 24.2 Å². The van der Waals surface area contributed by atoms with Gasteiger partial charge in [0.25, 0.3) is 0 Å². The number of nitrogens with one attached hydrogen (secondary N) is 1. The van der Waals surface area contributed by atoms with Gasteiger partial charge in [-0.3, -0.25) is 9.88 Å². The minimum atomic E-state index is 0. The van der Waals surface area contributed by atoms with Gasteiger partial charge in [-0.2, -0.15) is 0 Å². The quantitative estimate of drug-likeness (QED) is 0.888. The molecule has 3 rings (SSSR count). The summed E-state index contributed by atoms with van der Waals surface area (Å²) < 4.78 is 5.52. The van der Waals surface area contributed by atoms with E-state index in [2.05, 4.69) is 21.3 Å². The van der Waals surface area contributed by atoms with Crippen LogP contribution in [0.15, 0.2) is 36.4 Å². The summed E-state index contributed by atoms with van der Waals surface area (Å²) in [5, 5.41) is 13.5. The predicted molar refractivity (Wildman–Crippen MR) is 96.9 cm³/mol. The number of benzene rings is 1. The third kappa shape index (κ3) is 3.98. The average Bonchev–Trinajstić information content (AvgIpc) is 2.58. The summed E-state index contributed by atoms with van der Waals surface area (Å²) in [5.41, 5.74) is 2.81. The number of pyridine rings is 1. The highest BCUT2D eigenvalue weighted by molar-refractivity contribution is 5.85. The molecular weight excluding hydrogens is 326 g/mol. The number of nitrogens with zero attached hydrogens (tertiary/aromatic N) is 2. The maximum Gasteiger partial charge on any atom is 0.138 e. The number of rotatable bonds is 4. The number of para-hydroxylation sites is 1. The summed E-state index contributed by atoms with van der Waals surface area (Å²) >= 11 is 0. The number of halogens is 1. The van der Waals surface area contributed by atoms with Crippen LogP contribution in [0.5, 0.6) is 11.5 Å². The van der Waals surface area contributed by atoms with Gasteiger partial charge in [-0.25, -0.2) is 0 Å². The van der Waals surface area contributed by atoms with E-state index >= 15 is 0 Å². The first kappa shape index (κ1) is 18.5. The van der Waals surface area contributed by atoms with E-state index in [4.69, 9.17) is 4.74 Å². The van der Waals surface area contributed by atoms with Crippen molar-refractivity contribution in [3.63, 3.8) is 0 Å². The van der Waals surface area contributed by atoms with Crippen LogP contribution in [0, 0.1) is 6.92 Å². The molecule has 1 atom stereocenters. The molecule has 1 aliphatic rings. The zero-order chi connectivity index (χ0) is 16.2. The molecule has 1 aromatic heterocycles. The highest BCUT2D eigenvalue weighted by Crippen LogP contribution is 2.31. The number of piperazine rings is 1. The van der Waals surface area contributed by atoms with E-state index in [9.17, 15) is 5.11 Å². The maximum absolute atomic E-state index is 10.1. The molecule has 0 spiro atoms. The van der Waals surface area contributed by atoms with E-state index in [1.54, 1.807) is 13.2 Å². The molecular formula is C18H24ClN3O2. The van der Waals surface area contributed by atoms with Gasteiger partial charge in [-0.15, -0.1) is 12.4 Å². The van der Waals surface area contributed by atoms with Gasteiger partial charge in [0.1, 0.15) is 11.5 Å². The molecule has 0 bridgehead atoms. The number of aryl methyl sites for hydroxylation is 1. The van der Waals surface area contributed by atoms with Crippen LogP contribution in [0.3, 0.4) is 0 Å². The summed E-state index contributed by atoms with van der Waals surface area (Å²) in [6.45, 7) is 5.25. The van der Waals surface area contributed by atoms with Crippen molar-refractivity contribution in [2.45, 2.75) is 19.5 Å². The molecule has 130 valence electrons. The van der Waals surface area contributed by atoms with E-state index in [0.29, 0.717) is 6.54 Å². The second-order valence-corrected chi connectivity index (χ2v) is 5.85. The van der Waals surface area contributed by atoms with Gasteiger partial charge >= 0.3 is 0 Å². The summed E-state index contributed by atoms with van der Waals surface area (Å²) in [6.07, 6.45) is 0. The highest BCUT2D eigenvalue weighted by atomic mass is 35.5. The first-order valence-electron chi connectivity index (χ1n) is 7.92. The Morgan fingerprint density at radius 2 is 2.08 bits per heavy atom. The molecule has 1 fully saturated rings. The Kier molecular flexibility index (Phi) is 6.43. The van der Waals surface area contributed by atoms with Crippen LogP contribution < -0.4 is 10.1 Å². The maximum atomic E-state index is 10.1. The molecule has 0 saturated carbocycles. The molecule has 0 radical (unpaired) electrons. The van der Waals surface area contributed by atoms with Crippen molar-refractivity contribution < 1.29 is 9.84 Å². The number of methoxy groups -OCH3 is 1. The Balaban J connectivity index is 0.00000208. The molecule has 2 N–H and O–H groups in total. The van der Waals surface area contributed by atoms with Crippen LogP contribution in [-0.4, -0.2) is 41.7 Å². The first-order chi connectivity index (χ1) is 11.2. The lowest BCUT2D eigenvalue weighted by atomic mass is 10.0. The van der Waals surface area contributed by atoms with Gasteiger partial charge in [0, 0.05) is 37.4 Å². The predicted octanol–water partition coefficient (Wildman–Crippen LogP) is 2.67. The lowest BCUT2D eigenvalue weighted by Gasteiger charge is -2.37. The standard InChI is InChI=1S/C18H23N3O2.ClH/c1-13-7-8-17(22)15(20-13)12-21-10-9-19-11-16(21)14-5-3-4-6-18(14)23-2;/h3-8,16,19,22H,9-12H2,1-2H3;1H. The molecule has 2 aromatic rings. The minimum Gasteiger partial charge on any atom is -0.506 e. The number of hydrogen-bond donors (Lipinski definition) is 2. The van der Waals surface area contributed by atoms with Crippen molar-refractivity contribution >= 4 is 12.4 Å². The van der Waals surface area contributed by atoms with Crippen LogP contribution in [-0.2, 0) is 6.54 Å². The van der Waals surface area contributed by atoms with Crippen LogP contribution in [0.1, 0.15) is 23.0 Å². The molecule has 5 nitrogen and oxygen atoms in total. The first-order valence-corrected chi connectivity index (χ1v) is 7.92. The monoisotopic (exact) mass is 349 g/mol. The van der Waals surface area contributed by atoms with Gasteiger partial charge in [-0.1, -0.05) is 18.2 Å². The van der Waals surface area contributed by atoms with Crippen molar-refractivity contribution in [3.05, 3.63) is 53.3 Å². The van der Waals surface area contributed by atoms with Crippen molar-refractivity contribution in [2.24, 2.45) is 0 Å². The molecule has 1 unspecified atom stereocenters. The van der Waals surface area contributed by atoms with Crippen molar-refractivity contribution in [1.82, 2.24) is 15.2 Å². The average molecular weight is 350 g/mol. The summed E-state index contributed by atoms with van der Waals surface area (Å²) in [4.78, 5) is 6.84. The van der Waals surface area contributed by atoms with Gasteiger partial charge in [-0.05, 0) is 25.1 Å². The van der Waals surface area contributed by atoms with Crippen molar-refractivity contribution in [2.75, 3.05) is 26.7 Å². The Hall–Kier alpha value is -1.82. The third-order valence-electron chi connectivity index (χ3n) is 4.29. The Bertz CT molecular complexity index is 681. The normalized spacial score (nSPS) is 18.0. The van der Waals surface area contributed by atoms with Crippen LogP contribution >= 0.6 is 12.4 Å². The van der Waals surface area contributed by atoms with Gasteiger partial charge in [0.2, 0.25) is 0 Å². The summed E-state index contributed by atoms with van der Waals surface area (Å²) in [5.74, 6) is 1.15. The number of hydrogen-bond acceptors (Lipinski definition) is 5. The summed E-state index contributed by atoms with van der Waals surface area (Å²) in [6, 6.07) is 11.9. The van der Waals surface area contributed by atoms with E-state index in [1.165, 1.54) is 0 Å². The molecule has 1 aromatic carbocycles. The fraction of sp³-hybridized carbons (Fsp3) is 0.389. The highest BCUT2D eigenvalue weighted by Gasteiger charge is 2.27. The van der Waals surface area contributed by atoms with Gasteiger partial charge in [0.15, 0.2) is 0 Å². The van der Waals surface area contributed by atoms with E-state index in [1.807, 2.05) is 31.2 Å². The lowest BCUT2D eigenvalue weighted by molar-refractivity contribution is 0.147. The third-order valence-corrected chi connectivity index (χ3v) is 4.29. The molecule has 1 aliphatic heterocycles. The molecule has 0 aliphatic carbocycles. The minimum absolute atomic E-state index is 0. The number of aromatic hydroxyl groups is 1. The SMILES string of the molecule is COc1ccccc1C1CNCCN1Cc1nc(C)ccc1O.Cl. The second-order valence-electron chi connectivity index (χ2n) is 5.85. The molecule has 6 heteroatoms. The van der Waals surface area contributed by atoms with E-state index in [0.717, 1.165) is 42.3 Å². The van der Waals surface area contributed by atoms with Crippen molar-refractivity contribution in [1.29, 1.82) is 0 Å². The van der Waals surface area contributed by atoms with Crippen molar-refractivity contribution in [3.8, 4) is 11.5 Å². The van der Waals surface area contributed by atoms with Gasteiger partial charge < -0.3 is 15.2 Å². The smallest absolute Gasteiger partial charge is 0.138 e. The number of ether oxygens (including phenoxy) is 1. The van der Waals surface area contributed by atoms with Crippen LogP contribution in [0.4, 0.5) is 0 Å².